The fraction of sp³-hybridized carbons (Fsp3) is 0.606. The molecule has 0 amide bonds. The number of unbranched alkanes of at least 4 members (excludes halogenated alkanes) is 8. The monoisotopic (exact) mass is 604 g/mol. The third-order valence-electron chi connectivity index (χ3n) is 7.72. The van der Waals surface area contributed by atoms with E-state index in [0.29, 0.717) is 12.0 Å². The fourth-order valence-electron chi connectivity index (χ4n) is 5.35. The van der Waals surface area contributed by atoms with E-state index in [4.69, 9.17) is 14.2 Å². The van der Waals surface area contributed by atoms with Gasteiger partial charge in [0, 0.05) is 12.1 Å². The summed E-state index contributed by atoms with van der Waals surface area (Å²) in [5.41, 5.74) is 1.31. The lowest BCUT2D eigenvalue weighted by Gasteiger charge is -2.21. The highest BCUT2D eigenvalue weighted by Crippen LogP contribution is 2.35. The number of rotatable bonds is 18. The predicted octanol–water partition coefficient (Wildman–Crippen LogP) is 4.52. The van der Waals surface area contributed by atoms with Gasteiger partial charge in [-0.25, -0.2) is 4.79 Å². The molecule has 10 heteroatoms. The molecule has 0 unspecified atom stereocenters. The van der Waals surface area contributed by atoms with Crippen molar-refractivity contribution >= 4 is 5.97 Å². The first kappa shape index (κ1) is 34.6. The van der Waals surface area contributed by atoms with Crippen LogP contribution in [0, 0.1) is 0 Å². The number of aromatic hydroxyl groups is 2. The van der Waals surface area contributed by atoms with Gasteiger partial charge in [0.1, 0.15) is 53.0 Å². The Balaban J connectivity index is 1.87. The van der Waals surface area contributed by atoms with E-state index in [9.17, 15) is 35.4 Å². The largest absolute Gasteiger partial charge is 0.508 e. The van der Waals surface area contributed by atoms with Crippen molar-refractivity contribution in [1.82, 2.24) is 0 Å². The molecule has 1 fully saturated rings. The molecule has 3 rings (SSSR count). The smallest absolute Gasteiger partial charge is 0.347 e. The van der Waals surface area contributed by atoms with Crippen LogP contribution in [0.2, 0.25) is 0 Å². The first-order chi connectivity index (χ1) is 20.7. The van der Waals surface area contributed by atoms with Gasteiger partial charge in [-0.15, -0.1) is 0 Å². The van der Waals surface area contributed by atoms with Crippen molar-refractivity contribution in [2.75, 3.05) is 6.61 Å². The van der Waals surface area contributed by atoms with Gasteiger partial charge in [-0.3, -0.25) is 0 Å². The van der Waals surface area contributed by atoms with E-state index in [-0.39, 0.29) is 28.6 Å². The van der Waals surface area contributed by atoms with Crippen molar-refractivity contribution in [1.29, 1.82) is 0 Å². The minimum Gasteiger partial charge on any atom is -0.508 e. The van der Waals surface area contributed by atoms with Crippen LogP contribution in [0.1, 0.15) is 99.5 Å². The van der Waals surface area contributed by atoms with Crippen molar-refractivity contribution in [3.63, 3.8) is 0 Å². The fourth-order valence-corrected chi connectivity index (χ4v) is 5.35. The molecule has 0 saturated carbocycles. The normalized spacial score (nSPS) is 20.7. The molecule has 10 nitrogen and oxygen atoms in total. The molecule has 0 radical (unpaired) electrons. The molecule has 1 saturated heterocycles. The number of ether oxygens (including phenoxy) is 3. The van der Waals surface area contributed by atoms with Crippen LogP contribution in [0.15, 0.2) is 30.3 Å². The molecule has 2 aromatic carbocycles. The molecule has 0 spiro atoms. The molecule has 1 aliphatic heterocycles. The highest BCUT2D eigenvalue weighted by atomic mass is 16.7. The molecule has 1 aliphatic rings. The summed E-state index contributed by atoms with van der Waals surface area (Å²) in [4.78, 5) is 13.7. The SMILES string of the molecule is CCCCCCCc1cc(O)cc(OC(=O)c2c(CCCCCCC)cc(O)cc2O[C@@H]2O[C@@H]([C@H](O)CO)[C@H](O)[C@H]2O)c1. The topological polar surface area (TPSA) is 166 Å². The molecule has 5 atom stereocenters. The van der Waals surface area contributed by atoms with Crippen LogP contribution in [0.5, 0.6) is 23.0 Å². The number of aryl methyl sites for hydroxylation is 2. The number of benzene rings is 2. The average molecular weight is 605 g/mol. The summed E-state index contributed by atoms with van der Waals surface area (Å²) in [5.74, 6) is -0.992. The summed E-state index contributed by atoms with van der Waals surface area (Å²) in [7, 11) is 0. The lowest BCUT2D eigenvalue weighted by Crippen LogP contribution is -2.40. The Bertz CT molecular complexity index is 1150. The van der Waals surface area contributed by atoms with Gasteiger partial charge in [0.2, 0.25) is 6.29 Å². The van der Waals surface area contributed by atoms with E-state index >= 15 is 0 Å². The summed E-state index contributed by atoms with van der Waals surface area (Å²) in [6.45, 7) is 3.56. The van der Waals surface area contributed by atoms with E-state index in [2.05, 4.69) is 13.8 Å². The number of aliphatic hydroxyl groups is 4. The van der Waals surface area contributed by atoms with Crippen LogP contribution in [0.4, 0.5) is 0 Å². The Morgan fingerprint density at radius 1 is 0.837 bits per heavy atom. The van der Waals surface area contributed by atoms with E-state index in [1.54, 1.807) is 12.1 Å². The van der Waals surface area contributed by atoms with Crippen LogP contribution in [-0.4, -0.2) is 73.9 Å². The molecule has 1 heterocycles. The maximum Gasteiger partial charge on any atom is 0.347 e. The van der Waals surface area contributed by atoms with Gasteiger partial charge in [-0.2, -0.15) is 0 Å². The van der Waals surface area contributed by atoms with Crippen molar-refractivity contribution in [2.24, 2.45) is 0 Å². The summed E-state index contributed by atoms with van der Waals surface area (Å²) >= 11 is 0. The third kappa shape index (κ3) is 10.1. The quantitative estimate of drug-likeness (QED) is 0.0809. The maximum atomic E-state index is 13.7. The standard InChI is InChI=1S/C33H48O10/c1-3-5-7-9-11-13-21-15-23(35)18-25(16-21)41-32(40)28-22(14-12-10-8-6-4-2)17-24(36)19-27(28)42-33-30(39)29(38)31(43-33)26(37)20-34/h15-19,26,29-31,33-39H,3-14,20H2,1-2H3/t26-,29-,30-,31+,33-/m1/s1. The summed E-state index contributed by atoms with van der Waals surface area (Å²) in [6, 6.07) is 7.37. The summed E-state index contributed by atoms with van der Waals surface area (Å²) < 4.78 is 17.1. The van der Waals surface area contributed by atoms with Gasteiger partial charge in [-0.05, 0) is 55.0 Å². The second-order valence-corrected chi connectivity index (χ2v) is 11.3. The number of hydrogen-bond donors (Lipinski definition) is 6. The van der Waals surface area contributed by atoms with Gasteiger partial charge in [-0.1, -0.05) is 65.2 Å². The van der Waals surface area contributed by atoms with Gasteiger partial charge in [0.25, 0.3) is 0 Å². The van der Waals surface area contributed by atoms with Gasteiger partial charge < -0.3 is 44.8 Å². The zero-order chi connectivity index (χ0) is 31.4. The second-order valence-electron chi connectivity index (χ2n) is 11.3. The Kier molecular flexibility index (Phi) is 14.0. The number of hydrogen-bond acceptors (Lipinski definition) is 10. The second kappa shape index (κ2) is 17.4. The third-order valence-corrected chi connectivity index (χ3v) is 7.72. The van der Waals surface area contributed by atoms with Crippen LogP contribution in [0.3, 0.4) is 0 Å². The van der Waals surface area contributed by atoms with E-state index < -0.39 is 43.3 Å². The highest BCUT2D eigenvalue weighted by Gasteiger charge is 2.47. The molecule has 2 aromatic rings. The average Bonchev–Trinajstić information content (AvgIpc) is 3.24. The maximum absolute atomic E-state index is 13.7. The zero-order valence-electron chi connectivity index (χ0n) is 25.3. The summed E-state index contributed by atoms with van der Waals surface area (Å²) in [6.07, 6.45) is 3.97. The lowest BCUT2D eigenvalue weighted by molar-refractivity contribution is -0.137. The van der Waals surface area contributed by atoms with Crippen molar-refractivity contribution in [3.05, 3.63) is 47.0 Å². The van der Waals surface area contributed by atoms with Crippen LogP contribution >= 0.6 is 0 Å². The van der Waals surface area contributed by atoms with E-state index in [0.717, 1.165) is 69.8 Å². The Morgan fingerprint density at radius 3 is 2.12 bits per heavy atom. The minimum absolute atomic E-state index is 0.00852. The zero-order valence-corrected chi connectivity index (χ0v) is 25.3. The van der Waals surface area contributed by atoms with Gasteiger partial charge in [0.15, 0.2) is 0 Å². The molecular weight excluding hydrogens is 556 g/mol. The molecule has 6 N–H and O–H groups in total. The van der Waals surface area contributed by atoms with E-state index in [1.807, 2.05) is 0 Å². The molecule has 0 bridgehead atoms. The van der Waals surface area contributed by atoms with Crippen molar-refractivity contribution < 1.29 is 49.6 Å². The van der Waals surface area contributed by atoms with Crippen LogP contribution in [-0.2, 0) is 17.6 Å². The molecule has 0 aliphatic carbocycles. The minimum atomic E-state index is -1.61. The number of aliphatic hydroxyl groups excluding tert-OH is 4. The van der Waals surface area contributed by atoms with E-state index in [1.165, 1.54) is 24.6 Å². The van der Waals surface area contributed by atoms with Gasteiger partial charge in [0.05, 0.1) is 6.61 Å². The Labute approximate surface area is 253 Å². The molecular formula is C33H48O10. The number of phenolic OH excluding ortho intramolecular Hbond substituents is 2. The van der Waals surface area contributed by atoms with Gasteiger partial charge >= 0.3 is 5.97 Å². The Hall–Kier alpha value is -2.89. The lowest BCUT2D eigenvalue weighted by atomic mass is 9.99. The molecule has 0 aromatic heterocycles. The summed E-state index contributed by atoms with van der Waals surface area (Å²) in [5, 5.41) is 61.0. The number of carbonyl (C=O) groups is 1. The first-order valence-electron chi connectivity index (χ1n) is 15.6. The Morgan fingerprint density at radius 2 is 1.47 bits per heavy atom. The first-order valence-corrected chi connectivity index (χ1v) is 15.6. The van der Waals surface area contributed by atoms with Crippen molar-refractivity contribution in [2.45, 2.75) is 122 Å². The van der Waals surface area contributed by atoms with Crippen LogP contribution in [0.25, 0.3) is 0 Å². The number of carbonyl (C=O) groups excluding carboxylic acids is 1. The number of esters is 1. The highest BCUT2D eigenvalue weighted by molar-refractivity contribution is 5.96. The van der Waals surface area contributed by atoms with Crippen LogP contribution < -0.4 is 9.47 Å². The molecule has 43 heavy (non-hydrogen) atoms. The number of phenols is 2. The van der Waals surface area contributed by atoms with Crippen molar-refractivity contribution in [3.8, 4) is 23.0 Å². The predicted molar refractivity (Wildman–Crippen MR) is 160 cm³/mol. The molecule has 240 valence electrons.